The molecule has 2 aromatic rings. The van der Waals surface area contributed by atoms with Gasteiger partial charge in [-0.15, -0.1) is 0 Å². The Morgan fingerprint density at radius 2 is 2.25 bits per heavy atom. The van der Waals surface area contributed by atoms with Gasteiger partial charge in [0.05, 0.1) is 12.6 Å². The SMILES string of the molecule is Cc1cccc2c1C(=O)N(Cc1nccn1C)C2C#N. The maximum atomic E-state index is 12.6. The van der Waals surface area contributed by atoms with Crippen molar-refractivity contribution in [1.29, 1.82) is 5.26 Å². The van der Waals surface area contributed by atoms with Gasteiger partial charge in [-0.25, -0.2) is 4.98 Å². The molecule has 1 aromatic carbocycles. The molecule has 1 atom stereocenters. The van der Waals surface area contributed by atoms with Crippen LogP contribution in [0, 0.1) is 18.3 Å². The molecule has 100 valence electrons. The molecule has 0 radical (unpaired) electrons. The summed E-state index contributed by atoms with van der Waals surface area (Å²) in [5.74, 6) is 0.678. The Morgan fingerprint density at radius 1 is 1.45 bits per heavy atom. The summed E-state index contributed by atoms with van der Waals surface area (Å²) in [5, 5.41) is 9.42. The van der Waals surface area contributed by atoms with Crippen LogP contribution >= 0.6 is 0 Å². The number of aryl methyl sites for hydroxylation is 2. The summed E-state index contributed by atoms with van der Waals surface area (Å²) in [7, 11) is 1.88. The van der Waals surface area contributed by atoms with E-state index in [4.69, 9.17) is 0 Å². The van der Waals surface area contributed by atoms with Gasteiger partial charge < -0.3 is 9.47 Å². The van der Waals surface area contributed by atoms with Crippen LogP contribution in [0.15, 0.2) is 30.6 Å². The standard InChI is InChI=1S/C15H14N4O/c1-10-4-3-5-11-12(8-16)19(15(20)14(10)11)9-13-17-6-7-18(13)2/h3-7,12H,9H2,1-2H3. The van der Waals surface area contributed by atoms with Gasteiger partial charge in [-0.1, -0.05) is 18.2 Å². The number of hydrogen-bond donors (Lipinski definition) is 0. The Labute approximate surface area is 117 Å². The van der Waals surface area contributed by atoms with Crippen LogP contribution in [0.3, 0.4) is 0 Å². The summed E-state index contributed by atoms with van der Waals surface area (Å²) in [6.45, 7) is 2.24. The number of rotatable bonds is 2. The second kappa shape index (κ2) is 4.49. The van der Waals surface area contributed by atoms with E-state index in [1.165, 1.54) is 0 Å². The molecule has 0 aliphatic carbocycles. The molecule has 0 saturated carbocycles. The number of fused-ring (bicyclic) bond motifs is 1. The second-order valence-electron chi connectivity index (χ2n) is 4.96. The molecule has 2 heterocycles. The van der Waals surface area contributed by atoms with E-state index < -0.39 is 6.04 Å². The van der Waals surface area contributed by atoms with Crippen molar-refractivity contribution in [3.05, 3.63) is 53.1 Å². The Balaban J connectivity index is 2.02. The molecule has 0 saturated heterocycles. The summed E-state index contributed by atoms with van der Waals surface area (Å²) in [5.41, 5.74) is 2.37. The van der Waals surface area contributed by atoms with Crippen molar-refractivity contribution in [3.63, 3.8) is 0 Å². The van der Waals surface area contributed by atoms with Crippen molar-refractivity contribution in [2.45, 2.75) is 19.5 Å². The summed E-state index contributed by atoms with van der Waals surface area (Å²) in [6, 6.07) is 7.33. The zero-order valence-corrected chi connectivity index (χ0v) is 11.4. The van der Waals surface area contributed by atoms with Crippen LogP contribution in [-0.4, -0.2) is 20.4 Å². The number of imidazole rings is 1. The number of carbonyl (C=O) groups is 1. The van der Waals surface area contributed by atoms with Gasteiger partial charge in [-0.2, -0.15) is 5.26 Å². The Hall–Kier alpha value is -2.61. The van der Waals surface area contributed by atoms with E-state index >= 15 is 0 Å². The van der Waals surface area contributed by atoms with Crippen LogP contribution in [0.5, 0.6) is 0 Å². The van der Waals surface area contributed by atoms with E-state index in [0.29, 0.717) is 12.1 Å². The molecule has 1 amide bonds. The lowest BCUT2D eigenvalue weighted by molar-refractivity contribution is 0.0738. The fourth-order valence-corrected chi connectivity index (χ4v) is 2.64. The number of carbonyl (C=O) groups excluding carboxylic acids is 1. The molecule has 1 aliphatic heterocycles. The van der Waals surface area contributed by atoms with Crippen LogP contribution in [0.2, 0.25) is 0 Å². The largest absolute Gasteiger partial charge is 0.337 e. The number of hydrogen-bond acceptors (Lipinski definition) is 3. The second-order valence-corrected chi connectivity index (χ2v) is 4.96. The number of benzene rings is 1. The minimum atomic E-state index is -0.533. The highest BCUT2D eigenvalue weighted by molar-refractivity contribution is 6.00. The third-order valence-electron chi connectivity index (χ3n) is 3.74. The predicted molar refractivity (Wildman–Crippen MR) is 72.6 cm³/mol. The van der Waals surface area contributed by atoms with Crippen molar-refractivity contribution >= 4 is 5.91 Å². The fourth-order valence-electron chi connectivity index (χ4n) is 2.64. The fraction of sp³-hybridized carbons (Fsp3) is 0.267. The first-order valence-electron chi connectivity index (χ1n) is 6.39. The molecule has 20 heavy (non-hydrogen) atoms. The zero-order valence-electron chi connectivity index (χ0n) is 11.4. The quantitative estimate of drug-likeness (QED) is 0.834. The highest BCUT2D eigenvalue weighted by Crippen LogP contribution is 2.35. The lowest BCUT2D eigenvalue weighted by atomic mass is 10.0. The summed E-state index contributed by atoms with van der Waals surface area (Å²) >= 11 is 0. The third kappa shape index (κ3) is 1.69. The van der Waals surface area contributed by atoms with Crippen LogP contribution in [0.25, 0.3) is 0 Å². The van der Waals surface area contributed by atoms with E-state index in [1.54, 1.807) is 11.1 Å². The summed E-state index contributed by atoms with van der Waals surface area (Å²) < 4.78 is 1.86. The van der Waals surface area contributed by atoms with Crippen molar-refractivity contribution in [1.82, 2.24) is 14.5 Å². The molecule has 5 nitrogen and oxygen atoms in total. The lowest BCUT2D eigenvalue weighted by Gasteiger charge is -2.19. The molecular weight excluding hydrogens is 252 g/mol. The van der Waals surface area contributed by atoms with Crippen molar-refractivity contribution < 1.29 is 4.79 Å². The van der Waals surface area contributed by atoms with Crippen molar-refractivity contribution in [2.24, 2.45) is 7.05 Å². The molecule has 1 unspecified atom stereocenters. The van der Waals surface area contributed by atoms with Gasteiger partial charge in [0.15, 0.2) is 0 Å². The van der Waals surface area contributed by atoms with Gasteiger partial charge in [0.2, 0.25) is 0 Å². The highest BCUT2D eigenvalue weighted by atomic mass is 16.2. The number of aromatic nitrogens is 2. The number of nitrogens with zero attached hydrogens (tertiary/aromatic N) is 4. The molecule has 3 rings (SSSR count). The van der Waals surface area contributed by atoms with Gasteiger partial charge in [0.25, 0.3) is 5.91 Å². The predicted octanol–water partition coefficient (Wildman–Crippen LogP) is 1.95. The molecule has 0 bridgehead atoms. The monoisotopic (exact) mass is 266 g/mol. The zero-order chi connectivity index (χ0) is 14.3. The van der Waals surface area contributed by atoms with Gasteiger partial charge >= 0.3 is 0 Å². The van der Waals surface area contributed by atoms with Crippen LogP contribution in [0.1, 0.15) is 33.4 Å². The summed E-state index contributed by atoms with van der Waals surface area (Å²) in [4.78, 5) is 18.4. The first-order valence-corrected chi connectivity index (χ1v) is 6.39. The van der Waals surface area contributed by atoms with Gasteiger partial charge in [0, 0.05) is 30.6 Å². The summed E-state index contributed by atoms with van der Waals surface area (Å²) in [6.07, 6.45) is 3.52. The average molecular weight is 266 g/mol. The minimum Gasteiger partial charge on any atom is -0.337 e. The van der Waals surface area contributed by atoms with E-state index in [-0.39, 0.29) is 5.91 Å². The maximum Gasteiger partial charge on any atom is 0.256 e. The van der Waals surface area contributed by atoms with E-state index in [1.807, 2.05) is 42.9 Å². The van der Waals surface area contributed by atoms with E-state index in [2.05, 4.69) is 11.1 Å². The van der Waals surface area contributed by atoms with E-state index in [9.17, 15) is 10.1 Å². The first-order chi connectivity index (χ1) is 9.63. The van der Waals surface area contributed by atoms with Crippen LogP contribution in [-0.2, 0) is 13.6 Å². The van der Waals surface area contributed by atoms with Crippen molar-refractivity contribution in [2.75, 3.05) is 0 Å². The topological polar surface area (TPSA) is 61.9 Å². The Kier molecular flexibility index (Phi) is 2.79. The Morgan fingerprint density at radius 3 is 2.90 bits per heavy atom. The maximum absolute atomic E-state index is 12.6. The number of amides is 1. The molecule has 0 spiro atoms. The molecule has 5 heteroatoms. The lowest BCUT2D eigenvalue weighted by Crippen LogP contribution is -2.28. The molecule has 1 aliphatic rings. The third-order valence-corrected chi connectivity index (χ3v) is 3.74. The first kappa shape index (κ1) is 12.4. The molecule has 1 aromatic heterocycles. The van der Waals surface area contributed by atoms with Gasteiger partial charge in [-0.3, -0.25) is 4.79 Å². The highest BCUT2D eigenvalue weighted by Gasteiger charge is 2.38. The molecular formula is C15H14N4O. The van der Waals surface area contributed by atoms with Gasteiger partial charge in [-0.05, 0) is 12.5 Å². The normalized spacial score (nSPS) is 17.1. The molecule has 0 fully saturated rings. The van der Waals surface area contributed by atoms with Gasteiger partial charge in [0.1, 0.15) is 11.9 Å². The molecule has 0 N–H and O–H groups in total. The Bertz CT molecular complexity index is 726. The van der Waals surface area contributed by atoms with E-state index in [0.717, 1.165) is 17.0 Å². The van der Waals surface area contributed by atoms with Crippen LogP contribution < -0.4 is 0 Å². The smallest absolute Gasteiger partial charge is 0.256 e. The van der Waals surface area contributed by atoms with Crippen LogP contribution in [0.4, 0.5) is 0 Å². The average Bonchev–Trinajstić information content (AvgIpc) is 2.94. The minimum absolute atomic E-state index is 0.0901. The van der Waals surface area contributed by atoms with Crippen molar-refractivity contribution in [3.8, 4) is 6.07 Å². The number of nitriles is 1.